The lowest BCUT2D eigenvalue weighted by molar-refractivity contribution is 0.0734. The van der Waals surface area contributed by atoms with Gasteiger partial charge in [0, 0.05) is 17.3 Å². The average Bonchev–Trinajstić information content (AvgIpc) is 2.69. The zero-order valence-electron chi connectivity index (χ0n) is 14.3. The van der Waals surface area contributed by atoms with Gasteiger partial charge >= 0.3 is 5.97 Å². The zero-order chi connectivity index (χ0) is 19.4. The van der Waals surface area contributed by atoms with Crippen molar-refractivity contribution in [3.8, 4) is 17.4 Å². The third-order valence-corrected chi connectivity index (χ3v) is 4.92. The summed E-state index contributed by atoms with van der Waals surface area (Å²) >= 11 is 13.6. The predicted molar refractivity (Wildman–Crippen MR) is 104 cm³/mol. The Bertz CT molecular complexity index is 984. The van der Waals surface area contributed by atoms with Crippen LogP contribution in [0.3, 0.4) is 0 Å². The van der Waals surface area contributed by atoms with Gasteiger partial charge in [-0.1, -0.05) is 35.0 Å². The minimum Gasteiger partial charge on any atom is -0.436 e. The van der Waals surface area contributed by atoms with Crippen LogP contribution in [0, 0.1) is 6.92 Å². The van der Waals surface area contributed by atoms with E-state index in [2.05, 4.69) is 15.0 Å². The molecule has 1 aromatic carbocycles. The molecule has 3 rings (SSSR count). The Labute approximate surface area is 169 Å². The topological polar surface area (TPSA) is 74.2 Å². The molecule has 0 bridgehead atoms. The first-order valence-electron chi connectivity index (χ1n) is 7.64. The molecule has 2 aromatic heterocycles. The largest absolute Gasteiger partial charge is 0.436 e. The quantitative estimate of drug-likeness (QED) is 0.242. The van der Waals surface area contributed by atoms with Gasteiger partial charge < -0.3 is 9.47 Å². The summed E-state index contributed by atoms with van der Waals surface area (Å²) in [7, 11) is 0. The highest BCUT2D eigenvalue weighted by Gasteiger charge is 2.15. The monoisotopic (exact) mass is 421 g/mol. The van der Waals surface area contributed by atoms with E-state index in [4.69, 9.17) is 32.7 Å². The Hall–Kier alpha value is -2.35. The summed E-state index contributed by atoms with van der Waals surface area (Å²) in [5.41, 5.74) is 0.890. The number of benzene rings is 1. The van der Waals surface area contributed by atoms with Crippen LogP contribution in [0.25, 0.3) is 0 Å². The van der Waals surface area contributed by atoms with Gasteiger partial charge in [0.15, 0.2) is 10.9 Å². The second-order valence-electron chi connectivity index (χ2n) is 5.26. The molecule has 0 fully saturated rings. The number of hydrogen-bond acceptors (Lipinski definition) is 7. The number of pyridine rings is 1. The van der Waals surface area contributed by atoms with Crippen molar-refractivity contribution in [3.05, 3.63) is 64.0 Å². The van der Waals surface area contributed by atoms with E-state index in [0.29, 0.717) is 21.5 Å². The fourth-order valence-corrected chi connectivity index (χ4v) is 2.78. The number of carbonyl (C=O) groups excluding carboxylic acids is 1. The van der Waals surface area contributed by atoms with Gasteiger partial charge in [-0.2, -0.15) is 0 Å². The van der Waals surface area contributed by atoms with E-state index in [-0.39, 0.29) is 22.2 Å². The molecule has 0 aliphatic carbocycles. The number of esters is 1. The van der Waals surface area contributed by atoms with Crippen LogP contribution in [0.2, 0.25) is 10.0 Å². The van der Waals surface area contributed by atoms with E-state index < -0.39 is 5.97 Å². The maximum Gasteiger partial charge on any atom is 0.343 e. The first kappa shape index (κ1) is 19.4. The van der Waals surface area contributed by atoms with E-state index >= 15 is 0 Å². The van der Waals surface area contributed by atoms with E-state index in [9.17, 15) is 4.79 Å². The molecule has 0 aliphatic heterocycles. The van der Waals surface area contributed by atoms with Gasteiger partial charge in [-0.25, -0.2) is 19.7 Å². The molecule has 27 heavy (non-hydrogen) atoms. The standard InChI is InChI=1S/C18H13Cl2N3O3S/c1-10-13(19)3-4-14(16(10)20)26-17(24)11-5-6-21-15(7-11)25-12-8-22-18(27-2)23-9-12/h3-9H,1-2H3. The number of nitrogens with zero attached hydrogens (tertiary/aromatic N) is 3. The van der Waals surface area contributed by atoms with Gasteiger partial charge in [0.2, 0.25) is 5.88 Å². The molecule has 6 nitrogen and oxygen atoms in total. The van der Waals surface area contributed by atoms with Gasteiger partial charge in [-0.3, -0.25) is 0 Å². The third kappa shape index (κ3) is 4.68. The number of hydrogen-bond donors (Lipinski definition) is 0. The molecule has 0 unspecified atom stereocenters. The van der Waals surface area contributed by atoms with E-state index in [1.165, 1.54) is 42.5 Å². The summed E-state index contributed by atoms with van der Waals surface area (Å²) in [5.74, 6) is 0.245. The highest BCUT2D eigenvalue weighted by atomic mass is 35.5. The van der Waals surface area contributed by atoms with Gasteiger partial charge in [-0.05, 0) is 36.9 Å². The number of ether oxygens (including phenoxy) is 2. The highest BCUT2D eigenvalue weighted by molar-refractivity contribution is 7.98. The second-order valence-corrected chi connectivity index (χ2v) is 6.82. The van der Waals surface area contributed by atoms with E-state index in [1.807, 2.05) is 6.26 Å². The summed E-state index contributed by atoms with van der Waals surface area (Å²) in [6.07, 6.45) is 6.38. The molecule has 0 atom stereocenters. The third-order valence-electron chi connectivity index (χ3n) is 3.47. The van der Waals surface area contributed by atoms with Crippen molar-refractivity contribution in [2.45, 2.75) is 12.1 Å². The Morgan fingerprint density at radius 1 is 1.11 bits per heavy atom. The van der Waals surface area contributed by atoms with Crippen LogP contribution in [-0.2, 0) is 0 Å². The molecule has 0 amide bonds. The van der Waals surface area contributed by atoms with Crippen LogP contribution in [-0.4, -0.2) is 27.2 Å². The Morgan fingerprint density at radius 2 is 1.85 bits per heavy atom. The summed E-state index contributed by atoms with van der Waals surface area (Å²) in [6.45, 7) is 1.74. The van der Waals surface area contributed by atoms with Gasteiger partial charge in [0.1, 0.15) is 5.75 Å². The van der Waals surface area contributed by atoms with Crippen molar-refractivity contribution in [2.75, 3.05) is 6.26 Å². The highest BCUT2D eigenvalue weighted by Crippen LogP contribution is 2.33. The van der Waals surface area contributed by atoms with Crippen LogP contribution in [0.5, 0.6) is 17.4 Å². The minimum atomic E-state index is -0.597. The number of aromatic nitrogens is 3. The van der Waals surface area contributed by atoms with E-state index in [1.54, 1.807) is 19.1 Å². The molecule has 0 spiro atoms. The van der Waals surface area contributed by atoms with Crippen LogP contribution in [0.4, 0.5) is 0 Å². The molecule has 0 N–H and O–H groups in total. The first-order valence-corrected chi connectivity index (χ1v) is 9.62. The van der Waals surface area contributed by atoms with Crippen LogP contribution in [0.15, 0.2) is 48.0 Å². The summed E-state index contributed by atoms with van der Waals surface area (Å²) in [4.78, 5) is 24.7. The van der Waals surface area contributed by atoms with Gasteiger partial charge in [-0.15, -0.1) is 0 Å². The summed E-state index contributed by atoms with van der Waals surface area (Å²) < 4.78 is 10.9. The molecule has 0 saturated carbocycles. The molecule has 138 valence electrons. The van der Waals surface area contributed by atoms with Gasteiger partial charge in [0.25, 0.3) is 0 Å². The van der Waals surface area contributed by atoms with Crippen molar-refractivity contribution in [2.24, 2.45) is 0 Å². The van der Waals surface area contributed by atoms with Gasteiger partial charge in [0.05, 0.1) is 23.0 Å². The Kier molecular flexibility index (Phi) is 6.15. The van der Waals surface area contributed by atoms with Crippen molar-refractivity contribution in [3.63, 3.8) is 0 Å². The SMILES string of the molecule is CSc1ncc(Oc2cc(C(=O)Oc3ccc(Cl)c(C)c3Cl)ccn2)cn1. The maximum absolute atomic E-state index is 12.4. The predicted octanol–water partition coefficient (Wildman–Crippen LogP) is 5.22. The molecular formula is C18H13Cl2N3O3S. The maximum atomic E-state index is 12.4. The number of rotatable bonds is 5. The average molecular weight is 422 g/mol. The van der Waals surface area contributed by atoms with Crippen LogP contribution >= 0.6 is 35.0 Å². The number of carbonyl (C=O) groups is 1. The fraction of sp³-hybridized carbons (Fsp3) is 0.111. The number of halogens is 2. The van der Waals surface area contributed by atoms with Crippen LogP contribution < -0.4 is 9.47 Å². The molecule has 9 heteroatoms. The molecule has 0 saturated heterocycles. The normalized spacial score (nSPS) is 10.5. The summed E-state index contributed by atoms with van der Waals surface area (Å²) in [6, 6.07) is 6.13. The second kappa shape index (κ2) is 8.56. The Balaban J connectivity index is 1.76. The number of thioether (sulfide) groups is 1. The molecular weight excluding hydrogens is 409 g/mol. The van der Waals surface area contributed by atoms with Crippen molar-refractivity contribution in [1.29, 1.82) is 0 Å². The molecule has 0 radical (unpaired) electrons. The molecule has 3 aromatic rings. The smallest absolute Gasteiger partial charge is 0.343 e. The minimum absolute atomic E-state index is 0.211. The van der Waals surface area contributed by atoms with Crippen molar-refractivity contribution in [1.82, 2.24) is 15.0 Å². The zero-order valence-corrected chi connectivity index (χ0v) is 16.6. The summed E-state index contributed by atoms with van der Waals surface area (Å²) in [5, 5.41) is 1.41. The Morgan fingerprint density at radius 3 is 2.56 bits per heavy atom. The molecule has 2 heterocycles. The van der Waals surface area contributed by atoms with Crippen molar-refractivity contribution < 1.29 is 14.3 Å². The molecule has 0 aliphatic rings. The van der Waals surface area contributed by atoms with Crippen molar-refractivity contribution >= 4 is 40.9 Å². The van der Waals surface area contributed by atoms with Crippen LogP contribution in [0.1, 0.15) is 15.9 Å². The lowest BCUT2D eigenvalue weighted by Crippen LogP contribution is -2.09. The lowest BCUT2D eigenvalue weighted by atomic mass is 10.2. The van der Waals surface area contributed by atoms with E-state index in [0.717, 1.165) is 0 Å². The first-order chi connectivity index (χ1) is 13.0. The lowest BCUT2D eigenvalue weighted by Gasteiger charge is -2.10. The fourth-order valence-electron chi connectivity index (χ4n) is 2.05.